The van der Waals surface area contributed by atoms with Crippen molar-refractivity contribution in [2.24, 2.45) is 0 Å². The van der Waals surface area contributed by atoms with Gasteiger partial charge in [-0.15, -0.1) is 0 Å². The molecule has 0 bridgehead atoms. The Kier molecular flexibility index (Phi) is 5.26. The van der Waals surface area contributed by atoms with E-state index in [2.05, 4.69) is 4.74 Å². The van der Waals surface area contributed by atoms with Crippen molar-refractivity contribution >= 4 is 6.29 Å². The molecule has 0 spiro atoms. The van der Waals surface area contributed by atoms with Crippen molar-refractivity contribution in [3.63, 3.8) is 0 Å². The summed E-state index contributed by atoms with van der Waals surface area (Å²) in [6.07, 6.45) is 0.621. The molecule has 0 fully saturated rings. The number of hydrogen-bond donors (Lipinski definition) is 0. The summed E-state index contributed by atoms with van der Waals surface area (Å²) in [5, 5.41) is 9.56. The molecule has 0 aromatic carbocycles. The third-order valence-corrected chi connectivity index (χ3v) is 0.414. The van der Waals surface area contributed by atoms with E-state index in [1.165, 1.54) is 0 Å². The van der Waals surface area contributed by atoms with Gasteiger partial charge in [-0.05, 0) is 0 Å². The molecule has 0 unspecified atom stereocenters. The first kappa shape index (κ1) is 6.59. The highest BCUT2D eigenvalue weighted by molar-refractivity contribution is 5.50. The van der Waals surface area contributed by atoms with Crippen LogP contribution in [-0.2, 0) is 14.6 Å². The molecule has 0 rings (SSSR count). The molecule has 1 radical (unpaired) electrons. The van der Waals surface area contributed by atoms with Crippen molar-refractivity contribution in [1.82, 2.24) is 0 Å². The Morgan fingerprint density at radius 3 is 2.71 bits per heavy atom. The molecule has 0 N–H and O–H groups in total. The lowest BCUT2D eigenvalue weighted by Crippen LogP contribution is -1.99. The van der Waals surface area contributed by atoms with Crippen LogP contribution < -0.4 is 0 Å². The quantitative estimate of drug-likeness (QED) is 0.360. The lowest BCUT2D eigenvalue weighted by Gasteiger charge is -1.89. The lowest BCUT2D eigenvalue weighted by atomic mass is 10.7. The molecule has 0 aromatic rings. The maximum absolute atomic E-state index is 9.56. The van der Waals surface area contributed by atoms with E-state index in [0.717, 1.165) is 0 Å². The van der Waals surface area contributed by atoms with Gasteiger partial charge in [-0.2, -0.15) is 0 Å². The van der Waals surface area contributed by atoms with Crippen LogP contribution in [0.15, 0.2) is 0 Å². The SMILES string of the molecule is [O]CCOCC=O. The standard InChI is InChI=1S/C4H7O3/c5-1-3-7-4-2-6/h1H,2-4H2. The fourth-order valence-corrected chi connectivity index (χ4v) is 0.190. The number of aldehydes is 1. The monoisotopic (exact) mass is 103 g/mol. The predicted octanol–water partition coefficient (Wildman–Crippen LogP) is -0.368. The molecule has 0 saturated heterocycles. The van der Waals surface area contributed by atoms with Gasteiger partial charge in [-0.25, -0.2) is 5.11 Å². The second-order valence-electron chi connectivity index (χ2n) is 0.946. The van der Waals surface area contributed by atoms with Crippen LogP contribution in [0, 0.1) is 0 Å². The minimum Gasteiger partial charge on any atom is -0.371 e. The molecule has 0 aliphatic carbocycles. The number of ether oxygens (including phenoxy) is 1. The van der Waals surface area contributed by atoms with Crippen LogP contribution in [0.5, 0.6) is 0 Å². The Labute approximate surface area is 41.9 Å². The molecule has 0 saturated carbocycles. The van der Waals surface area contributed by atoms with Crippen molar-refractivity contribution < 1.29 is 14.6 Å². The van der Waals surface area contributed by atoms with Crippen LogP contribution in [0.25, 0.3) is 0 Å². The summed E-state index contributed by atoms with van der Waals surface area (Å²) >= 11 is 0. The van der Waals surface area contributed by atoms with Crippen LogP contribution in [-0.4, -0.2) is 26.1 Å². The molecule has 0 amide bonds. The zero-order valence-electron chi connectivity index (χ0n) is 3.92. The highest BCUT2D eigenvalue weighted by atomic mass is 16.5. The number of hydrogen-bond acceptors (Lipinski definition) is 2. The van der Waals surface area contributed by atoms with Crippen molar-refractivity contribution in [3.05, 3.63) is 0 Å². The van der Waals surface area contributed by atoms with Gasteiger partial charge in [-0.1, -0.05) is 0 Å². The molecule has 3 heteroatoms. The van der Waals surface area contributed by atoms with Gasteiger partial charge in [0, 0.05) is 0 Å². The van der Waals surface area contributed by atoms with Crippen molar-refractivity contribution in [1.29, 1.82) is 0 Å². The van der Waals surface area contributed by atoms with E-state index < -0.39 is 0 Å². The van der Waals surface area contributed by atoms with Crippen LogP contribution in [0.2, 0.25) is 0 Å². The van der Waals surface area contributed by atoms with Crippen LogP contribution >= 0.6 is 0 Å². The molecule has 0 aliphatic heterocycles. The first-order valence-electron chi connectivity index (χ1n) is 2.01. The largest absolute Gasteiger partial charge is 0.371 e. The van der Waals surface area contributed by atoms with E-state index in [9.17, 15) is 9.90 Å². The second kappa shape index (κ2) is 5.59. The van der Waals surface area contributed by atoms with Gasteiger partial charge in [0.1, 0.15) is 19.5 Å². The molecule has 0 heterocycles. The van der Waals surface area contributed by atoms with Crippen LogP contribution in [0.1, 0.15) is 0 Å². The Morgan fingerprint density at radius 1 is 1.57 bits per heavy atom. The normalized spacial score (nSPS) is 8.71. The van der Waals surface area contributed by atoms with Gasteiger partial charge in [0.05, 0.1) is 6.61 Å². The third-order valence-electron chi connectivity index (χ3n) is 0.414. The van der Waals surface area contributed by atoms with Crippen LogP contribution in [0.3, 0.4) is 0 Å². The topological polar surface area (TPSA) is 46.2 Å². The van der Waals surface area contributed by atoms with Gasteiger partial charge < -0.3 is 9.53 Å². The zero-order chi connectivity index (χ0) is 5.54. The van der Waals surface area contributed by atoms with Gasteiger partial charge in [0.15, 0.2) is 0 Å². The summed E-state index contributed by atoms with van der Waals surface area (Å²) in [6, 6.07) is 0. The van der Waals surface area contributed by atoms with E-state index >= 15 is 0 Å². The van der Waals surface area contributed by atoms with Crippen molar-refractivity contribution in [3.8, 4) is 0 Å². The number of rotatable bonds is 4. The first-order chi connectivity index (χ1) is 3.41. The Bertz CT molecular complexity index is 44.2. The molecular weight excluding hydrogens is 96.0 g/mol. The summed E-state index contributed by atoms with van der Waals surface area (Å²) in [7, 11) is 0. The fraction of sp³-hybridized carbons (Fsp3) is 0.750. The summed E-state index contributed by atoms with van der Waals surface area (Å²) in [4.78, 5) is 9.45. The van der Waals surface area contributed by atoms with Crippen molar-refractivity contribution in [2.45, 2.75) is 0 Å². The van der Waals surface area contributed by atoms with Gasteiger partial charge in [0.2, 0.25) is 0 Å². The highest BCUT2D eigenvalue weighted by Gasteiger charge is 1.79. The third kappa shape index (κ3) is 5.59. The Balaban J connectivity index is 2.56. The highest BCUT2D eigenvalue weighted by Crippen LogP contribution is 1.66. The van der Waals surface area contributed by atoms with E-state index in [-0.39, 0.29) is 19.8 Å². The molecular formula is C4H7O3. The lowest BCUT2D eigenvalue weighted by molar-refractivity contribution is -0.112. The molecule has 0 aliphatic rings. The van der Waals surface area contributed by atoms with Crippen LogP contribution in [0.4, 0.5) is 0 Å². The minimum atomic E-state index is -0.270. The van der Waals surface area contributed by atoms with E-state index in [4.69, 9.17) is 0 Å². The first-order valence-corrected chi connectivity index (χ1v) is 2.01. The van der Waals surface area contributed by atoms with Gasteiger partial charge in [0.25, 0.3) is 0 Å². The van der Waals surface area contributed by atoms with E-state index in [1.807, 2.05) is 0 Å². The van der Waals surface area contributed by atoms with Gasteiger partial charge in [-0.3, -0.25) is 0 Å². The smallest absolute Gasteiger partial charge is 0.145 e. The predicted molar refractivity (Wildman–Crippen MR) is 22.4 cm³/mol. The summed E-state index contributed by atoms with van der Waals surface area (Å²) < 4.78 is 4.45. The summed E-state index contributed by atoms with van der Waals surface area (Å²) in [5.74, 6) is 0. The van der Waals surface area contributed by atoms with Gasteiger partial charge >= 0.3 is 0 Å². The zero-order valence-corrected chi connectivity index (χ0v) is 3.92. The van der Waals surface area contributed by atoms with E-state index in [0.29, 0.717) is 6.29 Å². The van der Waals surface area contributed by atoms with E-state index in [1.54, 1.807) is 0 Å². The Hall–Kier alpha value is -0.410. The fourth-order valence-electron chi connectivity index (χ4n) is 0.190. The second-order valence-corrected chi connectivity index (χ2v) is 0.946. The molecule has 41 valence electrons. The molecule has 0 aromatic heterocycles. The average Bonchev–Trinajstić information content (AvgIpc) is 1.69. The van der Waals surface area contributed by atoms with Crippen molar-refractivity contribution in [2.75, 3.05) is 19.8 Å². The molecule has 0 atom stereocenters. The average molecular weight is 103 g/mol. The number of carbonyl (C=O) groups is 1. The number of carbonyl (C=O) groups excluding carboxylic acids is 1. The summed E-state index contributed by atoms with van der Waals surface area (Å²) in [6.45, 7) is -0.0885. The molecule has 7 heavy (non-hydrogen) atoms. The minimum absolute atomic E-state index is 0.0439. The summed E-state index contributed by atoms with van der Waals surface area (Å²) in [5.41, 5.74) is 0. The maximum atomic E-state index is 9.56. The molecule has 3 nitrogen and oxygen atoms in total. The Morgan fingerprint density at radius 2 is 2.29 bits per heavy atom. The maximum Gasteiger partial charge on any atom is 0.145 e.